The Morgan fingerprint density at radius 2 is 1.87 bits per heavy atom. The van der Waals surface area contributed by atoms with Crippen LogP contribution < -0.4 is 10.1 Å². The van der Waals surface area contributed by atoms with Crippen molar-refractivity contribution < 1.29 is 9.47 Å². The molecule has 152 valence electrons. The molecule has 0 spiro atoms. The molecule has 6 heteroatoms. The molecule has 1 N–H and O–H groups in total. The third kappa shape index (κ3) is 4.30. The molecule has 1 aliphatic heterocycles. The van der Waals surface area contributed by atoms with Gasteiger partial charge in [0.1, 0.15) is 5.75 Å². The molecule has 1 fully saturated rings. The minimum atomic E-state index is 0.427. The highest BCUT2D eigenvalue weighted by Crippen LogP contribution is 2.35. The smallest absolute Gasteiger partial charge is 0.222 e. The number of rotatable bonds is 5. The number of thiazole rings is 1. The van der Waals surface area contributed by atoms with Crippen LogP contribution in [0.1, 0.15) is 30.7 Å². The SMILES string of the molecule is c1cnc(Oc2ccc(Nc3nc4ccccc4s3)cc2)c([C@H]2CCCOCC2)c1. The number of aromatic nitrogens is 2. The second-order valence-electron chi connectivity index (χ2n) is 7.38. The van der Waals surface area contributed by atoms with Crippen molar-refractivity contribution in [2.45, 2.75) is 25.2 Å². The molecular formula is C24H23N3O2S. The zero-order valence-electron chi connectivity index (χ0n) is 16.6. The molecule has 4 aromatic rings. The molecule has 1 aliphatic rings. The van der Waals surface area contributed by atoms with Gasteiger partial charge in [0.05, 0.1) is 10.2 Å². The molecule has 5 nitrogen and oxygen atoms in total. The number of hydrogen-bond acceptors (Lipinski definition) is 6. The zero-order chi connectivity index (χ0) is 20.2. The number of nitrogens with one attached hydrogen (secondary N) is 1. The molecule has 0 radical (unpaired) electrons. The Bertz CT molecular complexity index is 1090. The van der Waals surface area contributed by atoms with E-state index in [2.05, 4.69) is 27.4 Å². The quantitative estimate of drug-likeness (QED) is 0.401. The summed E-state index contributed by atoms with van der Waals surface area (Å²) < 4.78 is 12.9. The van der Waals surface area contributed by atoms with Crippen molar-refractivity contribution in [3.63, 3.8) is 0 Å². The molecule has 0 bridgehead atoms. The monoisotopic (exact) mass is 417 g/mol. The van der Waals surface area contributed by atoms with E-state index in [0.29, 0.717) is 11.8 Å². The Labute approximate surface area is 179 Å². The first-order chi connectivity index (χ1) is 14.8. The summed E-state index contributed by atoms with van der Waals surface area (Å²) in [7, 11) is 0. The first kappa shape index (κ1) is 19.0. The van der Waals surface area contributed by atoms with Crippen LogP contribution in [-0.4, -0.2) is 23.2 Å². The van der Waals surface area contributed by atoms with Crippen molar-refractivity contribution in [3.8, 4) is 11.6 Å². The van der Waals surface area contributed by atoms with Crippen molar-refractivity contribution in [1.82, 2.24) is 9.97 Å². The zero-order valence-corrected chi connectivity index (χ0v) is 17.4. The van der Waals surface area contributed by atoms with E-state index in [1.165, 1.54) is 10.3 Å². The van der Waals surface area contributed by atoms with Gasteiger partial charge >= 0.3 is 0 Å². The van der Waals surface area contributed by atoms with Crippen LogP contribution in [0.2, 0.25) is 0 Å². The highest BCUT2D eigenvalue weighted by atomic mass is 32.1. The normalized spacial score (nSPS) is 16.9. The molecule has 0 saturated carbocycles. The minimum Gasteiger partial charge on any atom is -0.439 e. The van der Waals surface area contributed by atoms with Gasteiger partial charge in [-0.15, -0.1) is 0 Å². The molecule has 1 atom stereocenters. The average Bonchev–Trinajstić information content (AvgIpc) is 2.99. The van der Waals surface area contributed by atoms with Gasteiger partial charge in [0.25, 0.3) is 0 Å². The summed E-state index contributed by atoms with van der Waals surface area (Å²) in [6.07, 6.45) is 4.97. The van der Waals surface area contributed by atoms with E-state index in [0.717, 1.165) is 54.6 Å². The second kappa shape index (κ2) is 8.81. The molecule has 30 heavy (non-hydrogen) atoms. The van der Waals surface area contributed by atoms with Gasteiger partial charge in [-0.3, -0.25) is 0 Å². The predicted molar refractivity (Wildman–Crippen MR) is 121 cm³/mol. The lowest BCUT2D eigenvalue weighted by Gasteiger charge is -2.17. The number of hydrogen-bond donors (Lipinski definition) is 1. The summed E-state index contributed by atoms with van der Waals surface area (Å²) in [6.45, 7) is 1.64. The lowest BCUT2D eigenvalue weighted by atomic mass is 9.93. The van der Waals surface area contributed by atoms with Gasteiger partial charge in [-0.25, -0.2) is 9.97 Å². The second-order valence-corrected chi connectivity index (χ2v) is 8.41. The number of nitrogens with zero attached hydrogens (tertiary/aromatic N) is 2. The number of anilines is 2. The minimum absolute atomic E-state index is 0.427. The van der Waals surface area contributed by atoms with Crippen LogP contribution >= 0.6 is 11.3 Å². The number of benzene rings is 2. The molecule has 5 rings (SSSR count). The molecule has 3 heterocycles. The van der Waals surface area contributed by atoms with E-state index in [4.69, 9.17) is 9.47 Å². The molecule has 2 aromatic carbocycles. The Morgan fingerprint density at radius 1 is 0.967 bits per heavy atom. The topological polar surface area (TPSA) is 56.3 Å². The van der Waals surface area contributed by atoms with E-state index in [1.807, 2.05) is 48.5 Å². The maximum Gasteiger partial charge on any atom is 0.222 e. The van der Waals surface area contributed by atoms with Crippen molar-refractivity contribution >= 4 is 32.4 Å². The van der Waals surface area contributed by atoms with Crippen molar-refractivity contribution in [3.05, 3.63) is 72.4 Å². The van der Waals surface area contributed by atoms with Gasteiger partial charge in [-0.2, -0.15) is 0 Å². The molecule has 0 aliphatic carbocycles. The molecule has 2 aromatic heterocycles. The molecule has 0 unspecified atom stereocenters. The van der Waals surface area contributed by atoms with Crippen molar-refractivity contribution in [2.75, 3.05) is 18.5 Å². The number of para-hydroxylation sites is 1. The Balaban J connectivity index is 1.30. The van der Waals surface area contributed by atoms with Crippen molar-refractivity contribution in [2.24, 2.45) is 0 Å². The van der Waals surface area contributed by atoms with Crippen molar-refractivity contribution in [1.29, 1.82) is 0 Å². The van der Waals surface area contributed by atoms with Crippen LogP contribution in [0.25, 0.3) is 10.2 Å². The molecular weight excluding hydrogens is 394 g/mol. The van der Waals surface area contributed by atoms with Gasteiger partial charge in [-0.05, 0) is 67.6 Å². The fraction of sp³-hybridized carbons (Fsp3) is 0.250. The first-order valence-corrected chi connectivity index (χ1v) is 11.1. The lowest BCUT2D eigenvalue weighted by Crippen LogP contribution is -2.03. The van der Waals surface area contributed by atoms with Gasteiger partial charge in [0, 0.05) is 30.7 Å². The standard InChI is InChI=1S/C24H23N3O2S/c1-2-8-22-21(7-1)27-24(30-22)26-18-9-11-19(12-10-18)29-23-20(6-3-14-25-23)17-5-4-15-28-16-13-17/h1-3,6-12,14,17H,4-5,13,15-16H2,(H,26,27)/t17-/m0/s1. The Hall–Kier alpha value is -2.96. The third-order valence-corrected chi connectivity index (χ3v) is 6.26. The van der Waals surface area contributed by atoms with Gasteiger partial charge in [0.2, 0.25) is 5.88 Å². The van der Waals surface area contributed by atoms with Crippen LogP contribution in [0.5, 0.6) is 11.6 Å². The summed E-state index contributed by atoms with van der Waals surface area (Å²) in [5, 5.41) is 4.26. The van der Waals surface area contributed by atoms with Crippen LogP contribution in [0.4, 0.5) is 10.8 Å². The predicted octanol–water partition coefficient (Wildman–Crippen LogP) is 6.51. The van der Waals surface area contributed by atoms with Crippen LogP contribution in [0.15, 0.2) is 66.9 Å². The number of pyridine rings is 1. The van der Waals surface area contributed by atoms with Crippen LogP contribution in [0.3, 0.4) is 0 Å². The van der Waals surface area contributed by atoms with E-state index >= 15 is 0 Å². The van der Waals surface area contributed by atoms with E-state index in [9.17, 15) is 0 Å². The van der Waals surface area contributed by atoms with Crippen LogP contribution in [0, 0.1) is 0 Å². The van der Waals surface area contributed by atoms with Gasteiger partial charge < -0.3 is 14.8 Å². The number of fused-ring (bicyclic) bond motifs is 1. The largest absolute Gasteiger partial charge is 0.439 e. The van der Waals surface area contributed by atoms with Gasteiger partial charge in [-0.1, -0.05) is 29.5 Å². The Kier molecular flexibility index (Phi) is 5.59. The molecule has 0 amide bonds. The summed E-state index contributed by atoms with van der Waals surface area (Å²) in [5.74, 6) is 1.89. The summed E-state index contributed by atoms with van der Waals surface area (Å²) in [5.41, 5.74) is 3.15. The average molecular weight is 418 g/mol. The highest BCUT2D eigenvalue weighted by molar-refractivity contribution is 7.22. The van der Waals surface area contributed by atoms with E-state index in [-0.39, 0.29) is 0 Å². The Morgan fingerprint density at radius 3 is 2.77 bits per heavy atom. The van der Waals surface area contributed by atoms with E-state index < -0.39 is 0 Å². The van der Waals surface area contributed by atoms with E-state index in [1.54, 1.807) is 17.5 Å². The van der Waals surface area contributed by atoms with Gasteiger partial charge in [0.15, 0.2) is 5.13 Å². The third-order valence-electron chi connectivity index (χ3n) is 5.31. The van der Waals surface area contributed by atoms with Crippen LogP contribution in [-0.2, 0) is 4.74 Å². The number of ether oxygens (including phenoxy) is 2. The summed E-state index contributed by atoms with van der Waals surface area (Å²) in [4.78, 5) is 9.13. The maximum atomic E-state index is 6.16. The lowest BCUT2D eigenvalue weighted by molar-refractivity contribution is 0.143. The summed E-state index contributed by atoms with van der Waals surface area (Å²) in [6, 6.07) is 20.2. The summed E-state index contributed by atoms with van der Waals surface area (Å²) >= 11 is 1.64. The first-order valence-electron chi connectivity index (χ1n) is 10.3. The maximum absolute atomic E-state index is 6.16. The highest BCUT2D eigenvalue weighted by Gasteiger charge is 2.19. The fourth-order valence-corrected chi connectivity index (χ4v) is 4.67. The molecule has 1 saturated heterocycles. The fourth-order valence-electron chi connectivity index (χ4n) is 3.78.